The van der Waals surface area contributed by atoms with Gasteiger partial charge in [0, 0.05) is 26.5 Å². The van der Waals surface area contributed by atoms with E-state index in [0.717, 1.165) is 11.3 Å². The highest BCUT2D eigenvalue weighted by Gasteiger charge is 2.18. The van der Waals surface area contributed by atoms with Crippen molar-refractivity contribution in [3.63, 3.8) is 0 Å². The molecule has 6 heteroatoms. The molecule has 19 heavy (non-hydrogen) atoms. The summed E-state index contributed by atoms with van der Waals surface area (Å²) < 4.78 is 5.69. The van der Waals surface area contributed by atoms with E-state index in [1.54, 1.807) is 4.99 Å². The minimum absolute atomic E-state index is 0. The fourth-order valence-electron chi connectivity index (χ4n) is 1.49. The van der Waals surface area contributed by atoms with Gasteiger partial charge in [0.05, 0.1) is 13.1 Å². The highest BCUT2D eigenvalue weighted by molar-refractivity contribution is 9.12. The minimum Gasteiger partial charge on any atom is -0.439 e. The Morgan fingerprint density at radius 1 is 1.37 bits per heavy atom. The van der Waals surface area contributed by atoms with Gasteiger partial charge in [-0.25, -0.2) is 0 Å². The summed E-state index contributed by atoms with van der Waals surface area (Å²) in [5.41, 5.74) is 0.945. The SMILES string of the molecule is Br.BrC#CCN1CC(=CBr)OC(c2ccccc2)=N1. The van der Waals surface area contributed by atoms with Crippen molar-refractivity contribution in [1.29, 1.82) is 0 Å². The van der Waals surface area contributed by atoms with E-state index in [-0.39, 0.29) is 17.0 Å². The van der Waals surface area contributed by atoms with E-state index < -0.39 is 0 Å². The van der Waals surface area contributed by atoms with Gasteiger partial charge in [0.2, 0.25) is 5.90 Å². The molecule has 3 nitrogen and oxygen atoms in total. The Hall–Kier alpha value is -0.770. The van der Waals surface area contributed by atoms with Crippen LogP contribution in [0.15, 0.2) is 46.2 Å². The van der Waals surface area contributed by atoms with Crippen LogP contribution in [0.1, 0.15) is 5.56 Å². The minimum atomic E-state index is 0. The van der Waals surface area contributed by atoms with Gasteiger partial charge < -0.3 is 4.74 Å². The predicted octanol–water partition coefficient (Wildman–Crippen LogP) is 3.85. The van der Waals surface area contributed by atoms with Gasteiger partial charge in [-0.3, -0.25) is 5.01 Å². The van der Waals surface area contributed by atoms with Crippen LogP contribution in [0.3, 0.4) is 0 Å². The zero-order valence-electron chi connectivity index (χ0n) is 9.85. The van der Waals surface area contributed by atoms with Gasteiger partial charge in [-0.15, -0.1) is 22.1 Å². The molecule has 100 valence electrons. The zero-order valence-corrected chi connectivity index (χ0v) is 14.7. The van der Waals surface area contributed by atoms with Crippen molar-refractivity contribution in [2.75, 3.05) is 13.1 Å². The molecule has 0 saturated heterocycles. The van der Waals surface area contributed by atoms with Crippen molar-refractivity contribution in [2.45, 2.75) is 0 Å². The molecule has 2 rings (SSSR count). The van der Waals surface area contributed by atoms with Crippen LogP contribution in [0.4, 0.5) is 0 Å². The first-order valence-corrected chi connectivity index (χ1v) is 6.99. The zero-order chi connectivity index (χ0) is 12.8. The summed E-state index contributed by atoms with van der Waals surface area (Å²) in [6.07, 6.45) is 0. The fourth-order valence-corrected chi connectivity index (χ4v) is 1.85. The lowest BCUT2D eigenvalue weighted by Gasteiger charge is -2.25. The molecule has 0 aliphatic carbocycles. The summed E-state index contributed by atoms with van der Waals surface area (Å²) in [5.74, 6) is 4.31. The second-order valence-electron chi connectivity index (χ2n) is 3.54. The maximum absolute atomic E-state index is 5.69. The van der Waals surface area contributed by atoms with Gasteiger partial charge >= 0.3 is 0 Å². The van der Waals surface area contributed by atoms with Crippen molar-refractivity contribution in [3.8, 4) is 10.8 Å². The molecule has 0 spiro atoms. The second kappa shape index (κ2) is 8.41. The third kappa shape index (κ3) is 4.68. The lowest BCUT2D eigenvalue weighted by atomic mass is 10.2. The van der Waals surface area contributed by atoms with Crippen molar-refractivity contribution in [2.24, 2.45) is 5.10 Å². The average molecular weight is 451 g/mol. The Morgan fingerprint density at radius 3 is 2.74 bits per heavy atom. The number of rotatable bonds is 2. The maximum atomic E-state index is 5.69. The standard InChI is InChI=1S/C13H10Br2N2O.BrH/c14-7-4-8-17-10-12(9-15)18-13(16-17)11-5-2-1-3-6-11;/h1-3,5-6,9H,8,10H2;1H. The van der Waals surface area contributed by atoms with Crippen LogP contribution in [0.2, 0.25) is 0 Å². The molecule has 0 amide bonds. The Morgan fingerprint density at radius 2 is 2.11 bits per heavy atom. The Labute approximate surface area is 139 Å². The van der Waals surface area contributed by atoms with E-state index in [4.69, 9.17) is 4.74 Å². The number of ether oxygens (including phenoxy) is 1. The third-order valence-electron chi connectivity index (χ3n) is 2.27. The Bertz CT molecular complexity index is 532. The van der Waals surface area contributed by atoms with E-state index in [2.05, 4.69) is 47.7 Å². The largest absolute Gasteiger partial charge is 0.439 e. The number of hydrogen-bond donors (Lipinski definition) is 0. The van der Waals surface area contributed by atoms with Crippen LogP contribution < -0.4 is 0 Å². The molecule has 0 saturated carbocycles. The molecule has 0 fully saturated rings. The number of hydrogen-bond acceptors (Lipinski definition) is 3. The van der Waals surface area contributed by atoms with E-state index in [9.17, 15) is 0 Å². The van der Waals surface area contributed by atoms with Crippen molar-refractivity contribution < 1.29 is 4.74 Å². The molecule has 0 radical (unpaired) electrons. The monoisotopic (exact) mass is 448 g/mol. The molecule has 0 unspecified atom stereocenters. The summed E-state index contributed by atoms with van der Waals surface area (Å²) in [5, 5.41) is 6.28. The smallest absolute Gasteiger partial charge is 0.243 e. The quantitative estimate of drug-likeness (QED) is 0.639. The maximum Gasteiger partial charge on any atom is 0.243 e. The number of hydrazone groups is 1. The summed E-state index contributed by atoms with van der Waals surface area (Å²) in [6.45, 7) is 1.15. The molecular formula is C13H11Br3N2O. The van der Waals surface area contributed by atoms with Gasteiger partial charge in [0.15, 0.2) is 0 Å². The van der Waals surface area contributed by atoms with E-state index in [1.807, 2.05) is 35.3 Å². The molecule has 0 atom stereocenters. The van der Waals surface area contributed by atoms with Crippen LogP contribution in [0, 0.1) is 10.8 Å². The highest BCUT2D eigenvalue weighted by Crippen LogP contribution is 2.16. The van der Waals surface area contributed by atoms with Crippen LogP contribution in [0.5, 0.6) is 0 Å². The first kappa shape index (κ1) is 16.3. The molecular weight excluding hydrogens is 440 g/mol. The fraction of sp³-hybridized carbons (Fsp3) is 0.154. The first-order chi connectivity index (χ1) is 8.83. The van der Waals surface area contributed by atoms with Crippen LogP contribution in [-0.2, 0) is 4.74 Å². The molecule has 0 bridgehead atoms. The topological polar surface area (TPSA) is 24.8 Å². The molecule has 1 aliphatic heterocycles. The Kier molecular flexibility index (Phi) is 7.21. The number of benzene rings is 1. The van der Waals surface area contributed by atoms with Crippen LogP contribution in [0.25, 0.3) is 0 Å². The van der Waals surface area contributed by atoms with Crippen LogP contribution >= 0.6 is 48.8 Å². The predicted molar refractivity (Wildman–Crippen MR) is 89.7 cm³/mol. The molecule has 1 heterocycles. The summed E-state index contributed by atoms with van der Waals surface area (Å²) in [7, 11) is 0. The molecule has 1 aromatic rings. The lowest BCUT2D eigenvalue weighted by Crippen LogP contribution is -2.30. The number of halogens is 3. The van der Waals surface area contributed by atoms with E-state index in [0.29, 0.717) is 19.0 Å². The van der Waals surface area contributed by atoms with Crippen molar-refractivity contribution in [1.82, 2.24) is 5.01 Å². The molecule has 1 aromatic carbocycles. The van der Waals surface area contributed by atoms with Gasteiger partial charge in [0.1, 0.15) is 5.76 Å². The van der Waals surface area contributed by atoms with Crippen molar-refractivity contribution in [3.05, 3.63) is 46.6 Å². The summed E-state index contributed by atoms with van der Waals surface area (Å²) >= 11 is 6.37. The molecule has 1 aliphatic rings. The van der Waals surface area contributed by atoms with Gasteiger partial charge in [-0.1, -0.05) is 40.0 Å². The van der Waals surface area contributed by atoms with E-state index >= 15 is 0 Å². The normalized spacial score (nSPS) is 15.8. The van der Waals surface area contributed by atoms with E-state index in [1.165, 1.54) is 0 Å². The second-order valence-corrected chi connectivity index (χ2v) is 4.40. The van der Waals surface area contributed by atoms with Gasteiger partial charge in [-0.05, 0) is 17.0 Å². The van der Waals surface area contributed by atoms with Gasteiger partial charge in [0.25, 0.3) is 0 Å². The number of nitrogens with zero attached hydrogens (tertiary/aromatic N) is 2. The van der Waals surface area contributed by atoms with Crippen LogP contribution in [-0.4, -0.2) is 24.0 Å². The Balaban J connectivity index is 0.00000180. The lowest BCUT2D eigenvalue weighted by molar-refractivity contribution is 0.242. The first-order valence-electron chi connectivity index (χ1n) is 5.28. The van der Waals surface area contributed by atoms with Crippen molar-refractivity contribution >= 4 is 54.7 Å². The highest BCUT2D eigenvalue weighted by atomic mass is 79.9. The summed E-state index contributed by atoms with van der Waals surface area (Å²) in [6, 6.07) is 9.79. The molecule has 0 N–H and O–H groups in total. The molecule has 0 aromatic heterocycles. The summed E-state index contributed by atoms with van der Waals surface area (Å²) in [4.78, 5) is 4.45. The third-order valence-corrected chi connectivity index (χ3v) is 3.06. The average Bonchev–Trinajstić information content (AvgIpc) is 2.45. The van der Waals surface area contributed by atoms with Gasteiger partial charge in [-0.2, -0.15) is 0 Å².